The molecule has 0 saturated carbocycles. The Hall–Kier alpha value is -2.37. The molecule has 3 nitrogen and oxygen atoms in total. The van der Waals surface area contributed by atoms with Crippen molar-refractivity contribution in [2.75, 3.05) is 0 Å². The molecule has 6 heteroatoms. The molecule has 0 amide bonds. The van der Waals surface area contributed by atoms with Crippen molar-refractivity contribution in [2.24, 2.45) is 0 Å². The van der Waals surface area contributed by atoms with E-state index in [4.69, 9.17) is 4.74 Å². The van der Waals surface area contributed by atoms with Crippen LogP contribution in [-0.4, -0.2) is 10.8 Å². The van der Waals surface area contributed by atoms with E-state index in [1.807, 2.05) is 0 Å². The number of alkyl halides is 3. The zero-order valence-corrected chi connectivity index (χ0v) is 11.5. The van der Waals surface area contributed by atoms with Gasteiger partial charge in [0, 0.05) is 24.2 Å². The highest BCUT2D eigenvalue weighted by Gasteiger charge is 2.30. The fraction of sp³-hybridized carbons (Fsp3) is 0.250. The van der Waals surface area contributed by atoms with E-state index in [0.29, 0.717) is 17.7 Å². The number of fused-ring (bicyclic) bond motifs is 1. The number of aryl methyl sites for hydroxylation is 1. The molecule has 3 rings (SSSR count). The van der Waals surface area contributed by atoms with Crippen molar-refractivity contribution in [1.82, 2.24) is 4.98 Å². The van der Waals surface area contributed by atoms with Gasteiger partial charge in [-0.1, -0.05) is 0 Å². The van der Waals surface area contributed by atoms with E-state index in [0.717, 1.165) is 30.7 Å². The average Bonchev–Trinajstić information content (AvgIpc) is 2.47. The molecule has 0 radical (unpaired) electrons. The van der Waals surface area contributed by atoms with Crippen LogP contribution in [0.15, 0.2) is 36.5 Å². The van der Waals surface area contributed by atoms with E-state index in [1.165, 1.54) is 6.07 Å². The standard InChI is InChI=1S/C16H12F3NO2/c17-16(18,19)11-4-7-15(20-9-11)22-12-5-6-13-10(8-12)2-1-3-14(13)21/h4-9H,1-3H2. The number of nitrogens with zero attached hydrogens (tertiary/aromatic N) is 1. The first-order valence-corrected chi connectivity index (χ1v) is 6.81. The maximum Gasteiger partial charge on any atom is 0.417 e. The molecule has 0 spiro atoms. The molecule has 1 aliphatic carbocycles. The van der Waals surface area contributed by atoms with Crippen molar-refractivity contribution in [3.8, 4) is 11.6 Å². The summed E-state index contributed by atoms with van der Waals surface area (Å²) < 4.78 is 42.8. The molecule has 22 heavy (non-hydrogen) atoms. The fourth-order valence-corrected chi connectivity index (χ4v) is 2.42. The lowest BCUT2D eigenvalue weighted by molar-refractivity contribution is -0.137. The topological polar surface area (TPSA) is 39.2 Å². The average molecular weight is 307 g/mol. The third-order valence-corrected chi connectivity index (χ3v) is 3.51. The highest BCUT2D eigenvalue weighted by atomic mass is 19.4. The number of rotatable bonds is 2. The highest BCUT2D eigenvalue weighted by molar-refractivity contribution is 5.98. The van der Waals surface area contributed by atoms with Crippen LogP contribution in [-0.2, 0) is 12.6 Å². The molecule has 0 aliphatic heterocycles. The van der Waals surface area contributed by atoms with Gasteiger partial charge in [0.2, 0.25) is 5.88 Å². The van der Waals surface area contributed by atoms with Crippen LogP contribution in [0.3, 0.4) is 0 Å². The van der Waals surface area contributed by atoms with Gasteiger partial charge in [-0.3, -0.25) is 4.79 Å². The van der Waals surface area contributed by atoms with E-state index in [9.17, 15) is 18.0 Å². The maximum atomic E-state index is 12.5. The molecule has 0 bridgehead atoms. The van der Waals surface area contributed by atoms with Crippen molar-refractivity contribution in [3.05, 3.63) is 53.2 Å². The van der Waals surface area contributed by atoms with Gasteiger partial charge in [-0.25, -0.2) is 4.98 Å². The van der Waals surface area contributed by atoms with Crippen LogP contribution in [0.1, 0.15) is 34.3 Å². The molecular weight excluding hydrogens is 295 g/mol. The summed E-state index contributed by atoms with van der Waals surface area (Å²) in [4.78, 5) is 15.4. The Balaban J connectivity index is 1.80. The number of ketones is 1. The van der Waals surface area contributed by atoms with Crippen LogP contribution in [0.25, 0.3) is 0 Å². The minimum Gasteiger partial charge on any atom is -0.439 e. The van der Waals surface area contributed by atoms with Crippen LogP contribution in [0.5, 0.6) is 11.6 Å². The summed E-state index contributed by atoms with van der Waals surface area (Å²) in [5.41, 5.74) is 0.774. The molecule has 1 aliphatic rings. The summed E-state index contributed by atoms with van der Waals surface area (Å²) in [5, 5.41) is 0. The van der Waals surface area contributed by atoms with Gasteiger partial charge >= 0.3 is 6.18 Å². The Morgan fingerprint density at radius 2 is 1.91 bits per heavy atom. The lowest BCUT2D eigenvalue weighted by atomic mass is 9.91. The van der Waals surface area contributed by atoms with Gasteiger partial charge in [-0.2, -0.15) is 13.2 Å². The Bertz CT molecular complexity index is 708. The summed E-state index contributed by atoms with van der Waals surface area (Å²) in [7, 11) is 0. The fourth-order valence-electron chi connectivity index (χ4n) is 2.42. The van der Waals surface area contributed by atoms with Crippen LogP contribution in [0.2, 0.25) is 0 Å². The Morgan fingerprint density at radius 1 is 1.09 bits per heavy atom. The minimum atomic E-state index is -4.42. The summed E-state index contributed by atoms with van der Waals surface area (Å²) in [6, 6.07) is 7.15. The zero-order valence-electron chi connectivity index (χ0n) is 11.5. The van der Waals surface area contributed by atoms with Crippen molar-refractivity contribution in [2.45, 2.75) is 25.4 Å². The van der Waals surface area contributed by atoms with Gasteiger partial charge in [-0.05, 0) is 42.7 Å². The molecule has 0 saturated heterocycles. The number of pyridine rings is 1. The zero-order chi connectivity index (χ0) is 15.7. The first-order chi connectivity index (χ1) is 10.4. The van der Waals surface area contributed by atoms with E-state index >= 15 is 0 Å². The first-order valence-electron chi connectivity index (χ1n) is 6.81. The molecule has 1 aromatic heterocycles. The minimum absolute atomic E-state index is 0.0788. The van der Waals surface area contributed by atoms with Crippen LogP contribution < -0.4 is 4.74 Å². The van der Waals surface area contributed by atoms with E-state index in [-0.39, 0.29) is 11.7 Å². The molecule has 0 N–H and O–H groups in total. The predicted octanol–water partition coefficient (Wildman–Crippen LogP) is 4.41. The third kappa shape index (κ3) is 2.95. The number of benzene rings is 1. The number of ether oxygens (including phenoxy) is 1. The van der Waals surface area contributed by atoms with Gasteiger partial charge < -0.3 is 4.74 Å². The molecule has 2 aromatic rings. The Morgan fingerprint density at radius 3 is 2.59 bits per heavy atom. The second-order valence-electron chi connectivity index (χ2n) is 5.08. The van der Waals surface area contributed by atoms with Gasteiger partial charge in [-0.15, -0.1) is 0 Å². The van der Waals surface area contributed by atoms with E-state index in [1.54, 1.807) is 18.2 Å². The monoisotopic (exact) mass is 307 g/mol. The number of carbonyl (C=O) groups is 1. The summed E-state index contributed by atoms with van der Waals surface area (Å²) in [6.45, 7) is 0. The number of hydrogen-bond acceptors (Lipinski definition) is 3. The second-order valence-corrected chi connectivity index (χ2v) is 5.08. The normalized spacial score (nSPS) is 14.6. The maximum absolute atomic E-state index is 12.5. The Kier molecular flexibility index (Phi) is 3.60. The molecule has 0 fully saturated rings. The lowest BCUT2D eigenvalue weighted by Gasteiger charge is -2.15. The van der Waals surface area contributed by atoms with Crippen LogP contribution in [0.4, 0.5) is 13.2 Å². The Labute approximate surface area is 124 Å². The van der Waals surface area contributed by atoms with Crippen LogP contribution >= 0.6 is 0 Å². The number of Topliss-reactive ketones (excluding diaryl/α,β-unsaturated/α-hetero) is 1. The van der Waals surface area contributed by atoms with Gasteiger partial charge in [0.05, 0.1) is 5.56 Å². The van der Waals surface area contributed by atoms with Crippen LogP contribution in [0, 0.1) is 0 Å². The van der Waals surface area contributed by atoms with Gasteiger partial charge in [0.15, 0.2) is 5.78 Å². The highest BCUT2D eigenvalue weighted by Crippen LogP contribution is 2.31. The smallest absolute Gasteiger partial charge is 0.417 e. The third-order valence-electron chi connectivity index (χ3n) is 3.51. The molecule has 1 heterocycles. The predicted molar refractivity (Wildman–Crippen MR) is 73.0 cm³/mol. The SMILES string of the molecule is O=C1CCCc2cc(Oc3ccc(C(F)(F)F)cn3)ccc21. The molecule has 0 atom stereocenters. The summed E-state index contributed by atoms with van der Waals surface area (Å²) >= 11 is 0. The van der Waals surface area contributed by atoms with Gasteiger partial charge in [0.1, 0.15) is 5.75 Å². The number of carbonyl (C=O) groups excluding carboxylic acids is 1. The first kappa shape index (κ1) is 14.6. The summed E-state index contributed by atoms with van der Waals surface area (Å²) in [5.74, 6) is 0.649. The number of halogens is 3. The van der Waals surface area contributed by atoms with Crippen molar-refractivity contribution in [3.63, 3.8) is 0 Å². The van der Waals surface area contributed by atoms with Crippen molar-refractivity contribution < 1.29 is 22.7 Å². The van der Waals surface area contributed by atoms with Crippen molar-refractivity contribution >= 4 is 5.78 Å². The second kappa shape index (κ2) is 5.44. The molecular formula is C16H12F3NO2. The lowest BCUT2D eigenvalue weighted by Crippen LogP contribution is -2.10. The van der Waals surface area contributed by atoms with E-state index < -0.39 is 11.7 Å². The molecule has 0 unspecified atom stereocenters. The largest absolute Gasteiger partial charge is 0.439 e. The number of aromatic nitrogens is 1. The van der Waals surface area contributed by atoms with Crippen molar-refractivity contribution in [1.29, 1.82) is 0 Å². The molecule has 114 valence electrons. The van der Waals surface area contributed by atoms with Gasteiger partial charge in [0.25, 0.3) is 0 Å². The quantitative estimate of drug-likeness (QED) is 0.825. The molecule has 1 aromatic carbocycles. The summed E-state index contributed by atoms with van der Waals surface area (Å²) in [6.07, 6.45) is -1.55. The van der Waals surface area contributed by atoms with E-state index in [2.05, 4.69) is 4.98 Å². The number of hydrogen-bond donors (Lipinski definition) is 0.